The standard InChI is InChI=1S/C15H24IN3O3S/c1-9(2)19-12-6-10(4-5-11(12)13(16)18-19)14(20)17-15(3)7-23(21,22)8-15/h9-10,21-22H,4-8H2,1-3H3,(H,17,20). The maximum Gasteiger partial charge on any atom is 0.224 e. The number of nitrogens with one attached hydrogen (secondary N) is 1. The van der Waals surface area contributed by atoms with Crippen molar-refractivity contribution >= 4 is 39.1 Å². The van der Waals surface area contributed by atoms with E-state index in [0.29, 0.717) is 6.42 Å². The molecular formula is C15H24IN3O3S. The Labute approximate surface area is 151 Å². The number of hydrogen-bond acceptors (Lipinski definition) is 4. The summed E-state index contributed by atoms with van der Waals surface area (Å²) in [4.78, 5) is 12.6. The van der Waals surface area contributed by atoms with Crippen molar-refractivity contribution in [1.29, 1.82) is 0 Å². The van der Waals surface area contributed by atoms with E-state index >= 15 is 0 Å². The summed E-state index contributed by atoms with van der Waals surface area (Å²) < 4.78 is 22.2. The Morgan fingerprint density at radius 3 is 2.70 bits per heavy atom. The van der Waals surface area contributed by atoms with Gasteiger partial charge in [-0.05, 0) is 56.2 Å². The molecule has 3 rings (SSSR count). The predicted octanol–water partition coefficient (Wildman–Crippen LogP) is 2.81. The van der Waals surface area contributed by atoms with Crippen LogP contribution in [0.5, 0.6) is 0 Å². The molecule has 1 atom stereocenters. The minimum absolute atomic E-state index is 0.0274. The summed E-state index contributed by atoms with van der Waals surface area (Å²) in [5.74, 6) is 0.503. The molecule has 3 N–H and O–H groups in total. The molecule has 2 heterocycles. The lowest BCUT2D eigenvalue weighted by Gasteiger charge is -2.54. The third-order valence-electron chi connectivity index (χ3n) is 4.64. The maximum absolute atomic E-state index is 12.6. The largest absolute Gasteiger partial charge is 0.348 e. The Kier molecular flexibility index (Phi) is 4.48. The summed E-state index contributed by atoms with van der Waals surface area (Å²) in [6.45, 7) is 6.10. The zero-order valence-electron chi connectivity index (χ0n) is 13.7. The summed E-state index contributed by atoms with van der Waals surface area (Å²) in [7, 11) is -2.46. The lowest BCUT2D eigenvalue weighted by Crippen LogP contribution is -2.62. The van der Waals surface area contributed by atoms with Gasteiger partial charge in [-0.15, -0.1) is 0 Å². The van der Waals surface area contributed by atoms with Crippen LogP contribution in [0, 0.1) is 9.62 Å². The van der Waals surface area contributed by atoms with E-state index in [-0.39, 0.29) is 29.4 Å². The van der Waals surface area contributed by atoms with E-state index in [1.54, 1.807) is 0 Å². The normalized spacial score (nSPS) is 26.3. The smallest absolute Gasteiger partial charge is 0.224 e. The van der Waals surface area contributed by atoms with Gasteiger partial charge in [-0.3, -0.25) is 18.6 Å². The van der Waals surface area contributed by atoms with Crippen LogP contribution in [-0.2, 0) is 17.6 Å². The van der Waals surface area contributed by atoms with E-state index in [1.165, 1.54) is 11.3 Å². The number of amides is 1. The number of carbonyl (C=O) groups excluding carboxylic acids is 1. The molecule has 1 fully saturated rings. The molecule has 1 aliphatic carbocycles. The molecule has 1 saturated heterocycles. The number of rotatable bonds is 3. The van der Waals surface area contributed by atoms with Crippen molar-refractivity contribution in [2.24, 2.45) is 5.92 Å². The van der Waals surface area contributed by atoms with Crippen molar-refractivity contribution in [3.63, 3.8) is 0 Å². The second kappa shape index (κ2) is 5.89. The molecular weight excluding hydrogens is 429 g/mol. The van der Waals surface area contributed by atoms with Crippen LogP contribution in [-0.4, -0.2) is 41.8 Å². The molecule has 0 aromatic carbocycles. The summed E-state index contributed by atoms with van der Waals surface area (Å²) in [5, 5.41) is 7.65. The number of aromatic nitrogens is 2. The molecule has 6 nitrogen and oxygen atoms in total. The SMILES string of the molecule is CC(C)n1nc(I)c2c1CC(C(=O)NC1(C)CS(O)(O)C1)CC2. The van der Waals surface area contributed by atoms with Crippen molar-refractivity contribution in [3.05, 3.63) is 15.0 Å². The highest BCUT2D eigenvalue weighted by Gasteiger charge is 2.46. The van der Waals surface area contributed by atoms with Gasteiger partial charge in [0.1, 0.15) is 3.70 Å². The topological polar surface area (TPSA) is 87.4 Å². The van der Waals surface area contributed by atoms with Gasteiger partial charge in [-0.25, -0.2) is 0 Å². The van der Waals surface area contributed by atoms with Crippen LogP contribution in [0.1, 0.15) is 44.5 Å². The van der Waals surface area contributed by atoms with Crippen LogP contribution in [0.3, 0.4) is 0 Å². The molecule has 130 valence electrons. The first-order valence-corrected chi connectivity index (χ1v) is 10.9. The second-order valence-electron chi connectivity index (χ2n) is 7.33. The molecule has 23 heavy (non-hydrogen) atoms. The quantitative estimate of drug-likeness (QED) is 0.615. The highest BCUT2D eigenvalue weighted by molar-refractivity contribution is 14.1. The molecule has 1 unspecified atom stereocenters. The predicted molar refractivity (Wildman–Crippen MR) is 100.0 cm³/mol. The monoisotopic (exact) mass is 453 g/mol. The average molecular weight is 453 g/mol. The summed E-state index contributed by atoms with van der Waals surface area (Å²) >= 11 is 2.28. The van der Waals surface area contributed by atoms with Crippen LogP contribution < -0.4 is 5.32 Å². The van der Waals surface area contributed by atoms with Gasteiger partial charge in [0.15, 0.2) is 0 Å². The Balaban J connectivity index is 1.71. The van der Waals surface area contributed by atoms with Crippen LogP contribution in [0.4, 0.5) is 0 Å². The average Bonchev–Trinajstić information content (AvgIpc) is 2.73. The van der Waals surface area contributed by atoms with Crippen LogP contribution in [0.15, 0.2) is 0 Å². The third kappa shape index (κ3) is 3.40. The summed E-state index contributed by atoms with van der Waals surface area (Å²) in [6.07, 6.45) is 2.41. The van der Waals surface area contributed by atoms with Gasteiger partial charge in [0.05, 0.1) is 17.0 Å². The van der Waals surface area contributed by atoms with E-state index < -0.39 is 16.1 Å². The van der Waals surface area contributed by atoms with Gasteiger partial charge >= 0.3 is 0 Å². The molecule has 0 bridgehead atoms. The number of nitrogens with zero attached hydrogens (tertiary/aromatic N) is 2. The van der Waals surface area contributed by atoms with E-state index in [9.17, 15) is 13.9 Å². The molecule has 1 amide bonds. The fourth-order valence-electron chi connectivity index (χ4n) is 3.69. The molecule has 1 aromatic heterocycles. The molecule has 0 radical (unpaired) electrons. The summed E-state index contributed by atoms with van der Waals surface area (Å²) in [5.41, 5.74) is 1.99. The maximum atomic E-state index is 12.6. The first kappa shape index (κ1) is 17.5. The Bertz CT molecular complexity index is 636. The van der Waals surface area contributed by atoms with Crippen molar-refractivity contribution in [3.8, 4) is 0 Å². The second-order valence-corrected chi connectivity index (χ2v) is 10.5. The lowest BCUT2D eigenvalue weighted by atomic mass is 9.86. The minimum Gasteiger partial charge on any atom is -0.348 e. The molecule has 2 aliphatic rings. The van der Waals surface area contributed by atoms with Crippen LogP contribution in [0.2, 0.25) is 0 Å². The van der Waals surface area contributed by atoms with E-state index in [4.69, 9.17) is 0 Å². The van der Waals surface area contributed by atoms with E-state index in [2.05, 4.69) is 46.9 Å². The van der Waals surface area contributed by atoms with Gasteiger partial charge in [-0.1, -0.05) is 0 Å². The number of halogens is 1. The number of hydrogen-bond donors (Lipinski definition) is 3. The van der Waals surface area contributed by atoms with Gasteiger partial charge in [-0.2, -0.15) is 15.7 Å². The van der Waals surface area contributed by atoms with Crippen LogP contribution >= 0.6 is 33.2 Å². The number of carbonyl (C=O) groups is 1. The van der Waals surface area contributed by atoms with Gasteiger partial charge in [0.25, 0.3) is 0 Å². The van der Waals surface area contributed by atoms with Gasteiger partial charge in [0.2, 0.25) is 5.91 Å². The van der Waals surface area contributed by atoms with Crippen molar-refractivity contribution < 1.29 is 13.9 Å². The highest BCUT2D eigenvalue weighted by atomic mass is 127. The van der Waals surface area contributed by atoms with Crippen molar-refractivity contribution in [2.75, 3.05) is 11.5 Å². The highest BCUT2D eigenvalue weighted by Crippen LogP contribution is 2.53. The molecule has 1 aromatic rings. The van der Waals surface area contributed by atoms with Crippen molar-refractivity contribution in [2.45, 2.75) is 51.6 Å². The fourth-order valence-corrected chi connectivity index (χ4v) is 6.61. The van der Waals surface area contributed by atoms with Crippen LogP contribution in [0.25, 0.3) is 0 Å². The van der Waals surface area contributed by atoms with E-state index in [1.807, 2.05) is 11.6 Å². The first-order chi connectivity index (χ1) is 10.6. The van der Waals surface area contributed by atoms with Gasteiger partial charge in [0, 0.05) is 29.6 Å². The molecule has 8 heteroatoms. The Hall–Kier alpha value is -0.320. The Morgan fingerprint density at radius 1 is 1.48 bits per heavy atom. The minimum atomic E-state index is -2.46. The fraction of sp³-hybridized carbons (Fsp3) is 0.733. The molecule has 0 spiro atoms. The van der Waals surface area contributed by atoms with E-state index in [0.717, 1.165) is 16.5 Å². The van der Waals surface area contributed by atoms with Gasteiger partial charge < -0.3 is 5.32 Å². The molecule has 1 aliphatic heterocycles. The number of fused-ring (bicyclic) bond motifs is 1. The zero-order valence-corrected chi connectivity index (χ0v) is 16.6. The third-order valence-corrected chi connectivity index (χ3v) is 7.70. The summed E-state index contributed by atoms with van der Waals surface area (Å²) in [6, 6.07) is 0.284. The molecule has 0 saturated carbocycles. The Morgan fingerprint density at radius 2 is 2.13 bits per heavy atom. The lowest BCUT2D eigenvalue weighted by molar-refractivity contribution is -0.126. The van der Waals surface area contributed by atoms with Crippen molar-refractivity contribution in [1.82, 2.24) is 15.1 Å². The first-order valence-electron chi connectivity index (χ1n) is 7.92. The zero-order chi connectivity index (χ0) is 17.0.